The summed E-state index contributed by atoms with van der Waals surface area (Å²) in [6, 6.07) is 14.1. The van der Waals surface area contributed by atoms with Crippen LogP contribution in [0.2, 0.25) is 0 Å². The number of nitrogens with one attached hydrogen (secondary N) is 2. The zero-order valence-electron chi connectivity index (χ0n) is 11.6. The lowest BCUT2D eigenvalue weighted by Gasteiger charge is -2.26. The van der Waals surface area contributed by atoms with Crippen LogP contribution in [0.15, 0.2) is 48.5 Å². The van der Waals surface area contributed by atoms with Crippen molar-refractivity contribution in [1.82, 2.24) is 5.32 Å². The maximum atomic E-state index is 13.1. The molecule has 0 saturated carbocycles. The summed E-state index contributed by atoms with van der Waals surface area (Å²) in [6.07, 6.45) is 1.33. The second-order valence-electron chi connectivity index (χ2n) is 5.22. The van der Waals surface area contributed by atoms with Crippen molar-refractivity contribution in [2.24, 2.45) is 0 Å². The van der Waals surface area contributed by atoms with Gasteiger partial charge in [0.1, 0.15) is 5.82 Å². The first kappa shape index (κ1) is 13.8. The van der Waals surface area contributed by atoms with E-state index in [2.05, 4.69) is 22.8 Å². The zero-order chi connectivity index (χ0) is 14.7. The van der Waals surface area contributed by atoms with Crippen LogP contribution < -0.4 is 10.6 Å². The molecule has 1 heterocycles. The minimum absolute atomic E-state index is 0.0171. The first-order valence-electron chi connectivity index (χ1n) is 7.09. The largest absolute Gasteiger partial charge is 0.326 e. The fraction of sp³-hybridized carbons (Fsp3) is 0.235. The highest BCUT2D eigenvalue weighted by Crippen LogP contribution is 2.25. The van der Waals surface area contributed by atoms with Crippen LogP contribution in [-0.4, -0.2) is 12.5 Å². The van der Waals surface area contributed by atoms with E-state index in [0.717, 1.165) is 13.0 Å². The number of anilines is 1. The first-order chi connectivity index (χ1) is 10.2. The van der Waals surface area contributed by atoms with Crippen LogP contribution in [0.1, 0.15) is 23.6 Å². The van der Waals surface area contributed by atoms with Gasteiger partial charge in [0.2, 0.25) is 5.91 Å². The second kappa shape index (κ2) is 6.06. The molecule has 0 aliphatic carbocycles. The Balaban J connectivity index is 1.68. The number of amides is 1. The molecule has 0 radical (unpaired) electrons. The van der Waals surface area contributed by atoms with E-state index in [1.165, 1.54) is 23.3 Å². The molecule has 0 aromatic heterocycles. The van der Waals surface area contributed by atoms with E-state index in [1.54, 1.807) is 12.1 Å². The molecule has 0 fully saturated rings. The molecule has 3 nitrogen and oxygen atoms in total. The quantitative estimate of drug-likeness (QED) is 0.909. The van der Waals surface area contributed by atoms with E-state index in [4.69, 9.17) is 0 Å². The number of halogens is 1. The van der Waals surface area contributed by atoms with Gasteiger partial charge in [0.05, 0.1) is 0 Å². The molecule has 2 aromatic rings. The van der Waals surface area contributed by atoms with Crippen molar-refractivity contribution in [3.8, 4) is 0 Å². The van der Waals surface area contributed by atoms with E-state index in [-0.39, 0.29) is 17.8 Å². The van der Waals surface area contributed by atoms with Gasteiger partial charge in [-0.2, -0.15) is 0 Å². The van der Waals surface area contributed by atoms with Gasteiger partial charge < -0.3 is 10.6 Å². The number of rotatable bonds is 3. The molecule has 1 unspecified atom stereocenters. The highest BCUT2D eigenvalue weighted by Gasteiger charge is 2.21. The highest BCUT2D eigenvalue weighted by molar-refractivity contribution is 5.91. The molecule has 4 heteroatoms. The van der Waals surface area contributed by atoms with E-state index >= 15 is 0 Å². The topological polar surface area (TPSA) is 41.1 Å². The van der Waals surface area contributed by atoms with Gasteiger partial charge >= 0.3 is 0 Å². The minimum Gasteiger partial charge on any atom is -0.326 e. The summed E-state index contributed by atoms with van der Waals surface area (Å²) < 4.78 is 13.1. The SMILES string of the molecule is O=C(CC1NCCc2ccccc21)Nc1cccc(F)c1. The van der Waals surface area contributed by atoms with Gasteiger partial charge in [-0.15, -0.1) is 0 Å². The molecular weight excluding hydrogens is 267 g/mol. The van der Waals surface area contributed by atoms with Crippen molar-refractivity contribution >= 4 is 11.6 Å². The van der Waals surface area contributed by atoms with Gasteiger partial charge in [-0.25, -0.2) is 4.39 Å². The van der Waals surface area contributed by atoms with Crippen molar-refractivity contribution in [2.75, 3.05) is 11.9 Å². The van der Waals surface area contributed by atoms with Crippen LogP contribution >= 0.6 is 0 Å². The fourth-order valence-corrected chi connectivity index (χ4v) is 2.74. The number of benzene rings is 2. The van der Waals surface area contributed by atoms with E-state index in [0.29, 0.717) is 12.1 Å². The summed E-state index contributed by atoms with van der Waals surface area (Å²) in [4.78, 5) is 12.1. The molecule has 2 aromatic carbocycles. The molecule has 3 rings (SSSR count). The van der Waals surface area contributed by atoms with Crippen LogP contribution in [0.5, 0.6) is 0 Å². The molecule has 1 amide bonds. The van der Waals surface area contributed by atoms with Gasteiger partial charge in [0, 0.05) is 18.2 Å². The fourth-order valence-electron chi connectivity index (χ4n) is 2.74. The lowest BCUT2D eigenvalue weighted by atomic mass is 9.92. The Morgan fingerprint density at radius 1 is 1.24 bits per heavy atom. The molecule has 0 spiro atoms. The molecule has 108 valence electrons. The highest BCUT2D eigenvalue weighted by atomic mass is 19.1. The van der Waals surface area contributed by atoms with Gasteiger partial charge in [0.15, 0.2) is 0 Å². The molecule has 1 atom stereocenters. The zero-order valence-corrected chi connectivity index (χ0v) is 11.6. The molecule has 1 aliphatic rings. The van der Waals surface area contributed by atoms with E-state index < -0.39 is 0 Å². The Hall–Kier alpha value is -2.20. The Morgan fingerprint density at radius 2 is 2.10 bits per heavy atom. The molecule has 21 heavy (non-hydrogen) atoms. The van der Waals surface area contributed by atoms with Crippen LogP contribution in [0.4, 0.5) is 10.1 Å². The van der Waals surface area contributed by atoms with Crippen molar-refractivity contribution < 1.29 is 9.18 Å². The Kier molecular flexibility index (Phi) is 3.97. The van der Waals surface area contributed by atoms with Gasteiger partial charge in [-0.1, -0.05) is 30.3 Å². The number of carbonyl (C=O) groups is 1. The van der Waals surface area contributed by atoms with E-state index in [1.807, 2.05) is 12.1 Å². The summed E-state index contributed by atoms with van der Waals surface area (Å²) in [5.74, 6) is -0.469. The minimum atomic E-state index is -0.353. The Labute approximate surface area is 123 Å². The molecular formula is C17H17FN2O. The lowest BCUT2D eigenvalue weighted by Crippen LogP contribution is -2.32. The van der Waals surface area contributed by atoms with Crippen LogP contribution in [0, 0.1) is 5.82 Å². The number of hydrogen-bond acceptors (Lipinski definition) is 2. The molecule has 1 aliphatic heterocycles. The monoisotopic (exact) mass is 284 g/mol. The summed E-state index contributed by atoms with van der Waals surface area (Å²) in [5, 5.41) is 6.11. The predicted molar refractivity (Wildman–Crippen MR) is 80.5 cm³/mol. The summed E-state index contributed by atoms with van der Waals surface area (Å²) >= 11 is 0. The predicted octanol–water partition coefficient (Wildman–Crippen LogP) is 3.04. The molecule has 0 bridgehead atoms. The third-order valence-corrected chi connectivity index (χ3v) is 3.71. The van der Waals surface area contributed by atoms with Gasteiger partial charge in [0.25, 0.3) is 0 Å². The Morgan fingerprint density at radius 3 is 2.95 bits per heavy atom. The third kappa shape index (κ3) is 3.28. The average Bonchev–Trinajstić information content (AvgIpc) is 2.47. The van der Waals surface area contributed by atoms with Crippen LogP contribution in [0.25, 0.3) is 0 Å². The van der Waals surface area contributed by atoms with E-state index in [9.17, 15) is 9.18 Å². The molecule has 0 saturated heterocycles. The normalized spacial score (nSPS) is 17.1. The number of hydrogen-bond donors (Lipinski definition) is 2. The van der Waals surface area contributed by atoms with Crippen molar-refractivity contribution in [1.29, 1.82) is 0 Å². The van der Waals surface area contributed by atoms with Crippen molar-refractivity contribution in [3.63, 3.8) is 0 Å². The van der Waals surface area contributed by atoms with Gasteiger partial charge in [-0.05, 0) is 42.3 Å². The Bertz CT molecular complexity index is 657. The number of fused-ring (bicyclic) bond motifs is 1. The van der Waals surface area contributed by atoms with Gasteiger partial charge in [-0.3, -0.25) is 4.79 Å². The van der Waals surface area contributed by atoms with Crippen molar-refractivity contribution in [3.05, 3.63) is 65.5 Å². The molecule has 2 N–H and O–H groups in total. The summed E-state index contributed by atoms with van der Waals surface area (Å²) in [7, 11) is 0. The summed E-state index contributed by atoms with van der Waals surface area (Å²) in [5.41, 5.74) is 2.96. The standard InChI is InChI=1S/C17H17FN2O/c18-13-5-3-6-14(10-13)20-17(21)11-16-15-7-2-1-4-12(15)8-9-19-16/h1-7,10,16,19H,8-9,11H2,(H,20,21). The summed E-state index contributed by atoms with van der Waals surface area (Å²) in [6.45, 7) is 0.870. The van der Waals surface area contributed by atoms with Crippen LogP contribution in [0.3, 0.4) is 0 Å². The average molecular weight is 284 g/mol. The maximum Gasteiger partial charge on any atom is 0.226 e. The maximum absolute atomic E-state index is 13.1. The van der Waals surface area contributed by atoms with Crippen molar-refractivity contribution in [2.45, 2.75) is 18.9 Å². The second-order valence-corrected chi connectivity index (χ2v) is 5.22. The lowest BCUT2D eigenvalue weighted by molar-refractivity contribution is -0.116. The number of carbonyl (C=O) groups excluding carboxylic acids is 1. The smallest absolute Gasteiger partial charge is 0.226 e. The first-order valence-corrected chi connectivity index (χ1v) is 7.09. The third-order valence-electron chi connectivity index (χ3n) is 3.71. The van der Waals surface area contributed by atoms with Crippen LogP contribution in [-0.2, 0) is 11.2 Å².